The molecule has 1 heterocycles. The molecule has 0 unspecified atom stereocenters. The van der Waals surface area contributed by atoms with Gasteiger partial charge in [0.2, 0.25) is 0 Å². The second-order valence-electron chi connectivity index (χ2n) is 3.83. The van der Waals surface area contributed by atoms with Crippen molar-refractivity contribution in [3.63, 3.8) is 0 Å². The fraction of sp³-hybridized carbons (Fsp3) is 0.667. The molecule has 1 rings (SSSR count). The van der Waals surface area contributed by atoms with Gasteiger partial charge in [0.25, 0.3) is 5.91 Å². The van der Waals surface area contributed by atoms with Crippen LogP contribution in [-0.2, 0) is 11.2 Å². The standard InChI is InChI=1S/C12H21N3O2S/c1-2-17-8-4-3-7-14-12(16)10-9-18-11(15-10)5-6-13/h9H,2-8,13H2,1H3,(H,14,16). The van der Waals surface area contributed by atoms with Gasteiger partial charge in [0.15, 0.2) is 0 Å². The normalized spacial score (nSPS) is 10.6. The topological polar surface area (TPSA) is 77.2 Å². The first-order chi connectivity index (χ1) is 8.77. The number of thiazole rings is 1. The Balaban J connectivity index is 2.19. The summed E-state index contributed by atoms with van der Waals surface area (Å²) in [4.78, 5) is 16.0. The zero-order valence-corrected chi connectivity index (χ0v) is 11.6. The van der Waals surface area contributed by atoms with E-state index >= 15 is 0 Å². The van der Waals surface area contributed by atoms with Gasteiger partial charge >= 0.3 is 0 Å². The molecule has 0 aromatic carbocycles. The van der Waals surface area contributed by atoms with Crippen molar-refractivity contribution in [1.29, 1.82) is 0 Å². The van der Waals surface area contributed by atoms with Crippen LogP contribution in [0.25, 0.3) is 0 Å². The fourth-order valence-corrected chi connectivity index (χ4v) is 2.21. The number of amides is 1. The average Bonchev–Trinajstić information content (AvgIpc) is 2.82. The summed E-state index contributed by atoms with van der Waals surface area (Å²) in [6.07, 6.45) is 2.61. The lowest BCUT2D eigenvalue weighted by molar-refractivity contribution is 0.0945. The molecule has 3 N–H and O–H groups in total. The first-order valence-electron chi connectivity index (χ1n) is 6.28. The van der Waals surface area contributed by atoms with Crippen molar-refractivity contribution < 1.29 is 9.53 Å². The fourth-order valence-electron chi connectivity index (χ4n) is 1.42. The molecule has 0 bridgehead atoms. The van der Waals surface area contributed by atoms with Crippen LogP contribution in [0.3, 0.4) is 0 Å². The maximum absolute atomic E-state index is 11.7. The van der Waals surface area contributed by atoms with Gasteiger partial charge in [-0.1, -0.05) is 0 Å². The van der Waals surface area contributed by atoms with E-state index in [1.54, 1.807) is 5.38 Å². The number of ether oxygens (including phenoxy) is 1. The van der Waals surface area contributed by atoms with Crippen LogP contribution in [0.1, 0.15) is 35.3 Å². The van der Waals surface area contributed by atoms with Crippen LogP contribution in [0.15, 0.2) is 5.38 Å². The van der Waals surface area contributed by atoms with Crippen LogP contribution in [0.5, 0.6) is 0 Å². The van der Waals surface area contributed by atoms with E-state index in [2.05, 4.69) is 10.3 Å². The maximum atomic E-state index is 11.7. The molecule has 18 heavy (non-hydrogen) atoms. The van der Waals surface area contributed by atoms with Crippen molar-refractivity contribution in [2.45, 2.75) is 26.2 Å². The average molecular weight is 271 g/mol. The lowest BCUT2D eigenvalue weighted by atomic mass is 10.3. The molecule has 5 nitrogen and oxygen atoms in total. The second kappa shape index (κ2) is 9.02. The van der Waals surface area contributed by atoms with E-state index in [1.165, 1.54) is 11.3 Å². The number of hydrogen-bond donors (Lipinski definition) is 2. The van der Waals surface area contributed by atoms with E-state index < -0.39 is 0 Å². The van der Waals surface area contributed by atoms with Gasteiger partial charge in [0.05, 0.1) is 5.01 Å². The molecular weight excluding hydrogens is 250 g/mol. The first-order valence-corrected chi connectivity index (χ1v) is 7.16. The Morgan fingerprint density at radius 1 is 1.56 bits per heavy atom. The third kappa shape index (κ3) is 5.57. The highest BCUT2D eigenvalue weighted by molar-refractivity contribution is 7.09. The number of aromatic nitrogens is 1. The molecule has 102 valence electrons. The zero-order valence-electron chi connectivity index (χ0n) is 10.8. The molecule has 1 aromatic rings. The van der Waals surface area contributed by atoms with Crippen LogP contribution in [0.2, 0.25) is 0 Å². The minimum Gasteiger partial charge on any atom is -0.382 e. The van der Waals surface area contributed by atoms with E-state index in [4.69, 9.17) is 10.5 Å². The van der Waals surface area contributed by atoms with Gasteiger partial charge in [-0.15, -0.1) is 11.3 Å². The molecule has 0 aliphatic carbocycles. The molecule has 0 saturated heterocycles. The summed E-state index contributed by atoms with van der Waals surface area (Å²) in [5.41, 5.74) is 5.93. The Kier molecular flexibility index (Phi) is 7.55. The molecule has 0 spiro atoms. The highest BCUT2D eigenvalue weighted by Gasteiger charge is 2.09. The number of nitrogens with zero attached hydrogens (tertiary/aromatic N) is 1. The molecule has 1 amide bonds. The summed E-state index contributed by atoms with van der Waals surface area (Å²) in [7, 11) is 0. The number of hydrogen-bond acceptors (Lipinski definition) is 5. The van der Waals surface area contributed by atoms with Crippen molar-refractivity contribution in [3.05, 3.63) is 16.1 Å². The van der Waals surface area contributed by atoms with E-state index in [-0.39, 0.29) is 5.91 Å². The Morgan fingerprint density at radius 2 is 2.39 bits per heavy atom. The van der Waals surface area contributed by atoms with Crippen LogP contribution >= 0.6 is 11.3 Å². The predicted octanol–water partition coefficient (Wildman–Crippen LogP) is 1.19. The Hall–Kier alpha value is -0.980. The summed E-state index contributed by atoms with van der Waals surface area (Å²) in [5.74, 6) is -0.106. The van der Waals surface area contributed by atoms with Crippen LogP contribution in [-0.4, -0.2) is 37.2 Å². The third-order valence-corrected chi connectivity index (χ3v) is 3.26. The molecule has 0 atom stereocenters. The highest BCUT2D eigenvalue weighted by Crippen LogP contribution is 2.09. The number of carbonyl (C=O) groups excluding carboxylic acids is 1. The summed E-state index contributed by atoms with van der Waals surface area (Å²) in [6, 6.07) is 0. The summed E-state index contributed by atoms with van der Waals surface area (Å²) >= 11 is 1.48. The van der Waals surface area contributed by atoms with Crippen molar-refractivity contribution in [1.82, 2.24) is 10.3 Å². The van der Waals surface area contributed by atoms with Crippen LogP contribution < -0.4 is 11.1 Å². The number of nitrogens with two attached hydrogens (primary N) is 1. The van der Waals surface area contributed by atoms with Gasteiger partial charge in [-0.25, -0.2) is 4.98 Å². The van der Waals surface area contributed by atoms with Crippen molar-refractivity contribution >= 4 is 17.2 Å². The molecule has 0 radical (unpaired) electrons. The van der Waals surface area contributed by atoms with Gasteiger partial charge in [-0.3, -0.25) is 4.79 Å². The molecular formula is C12H21N3O2S. The molecule has 0 fully saturated rings. The lowest BCUT2D eigenvalue weighted by Crippen LogP contribution is -2.25. The molecule has 1 aromatic heterocycles. The van der Waals surface area contributed by atoms with Crippen LogP contribution in [0, 0.1) is 0 Å². The third-order valence-electron chi connectivity index (χ3n) is 2.35. The lowest BCUT2D eigenvalue weighted by Gasteiger charge is -2.03. The minimum absolute atomic E-state index is 0.106. The van der Waals surface area contributed by atoms with Crippen molar-refractivity contribution in [3.8, 4) is 0 Å². The first kappa shape index (κ1) is 15.1. The Bertz CT molecular complexity index is 355. The molecule has 6 heteroatoms. The van der Waals surface area contributed by atoms with Crippen molar-refractivity contribution in [2.75, 3.05) is 26.3 Å². The SMILES string of the molecule is CCOCCCCNC(=O)c1csc(CCN)n1. The largest absolute Gasteiger partial charge is 0.382 e. The Labute approximate surface area is 112 Å². The monoisotopic (exact) mass is 271 g/mol. The van der Waals surface area contributed by atoms with Crippen molar-refractivity contribution in [2.24, 2.45) is 5.73 Å². The van der Waals surface area contributed by atoms with E-state index in [9.17, 15) is 4.79 Å². The smallest absolute Gasteiger partial charge is 0.270 e. The number of unbranched alkanes of at least 4 members (excludes halogenated alkanes) is 1. The molecule has 0 saturated carbocycles. The van der Waals surface area contributed by atoms with Gasteiger partial charge in [-0.05, 0) is 26.3 Å². The van der Waals surface area contributed by atoms with Gasteiger partial charge in [-0.2, -0.15) is 0 Å². The maximum Gasteiger partial charge on any atom is 0.270 e. The number of rotatable bonds is 9. The quantitative estimate of drug-likeness (QED) is 0.661. The minimum atomic E-state index is -0.106. The summed E-state index contributed by atoms with van der Waals surface area (Å²) in [6.45, 7) is 4.70. The Morgan fingerprint density at radius 3 is 3.11 bits per heavy atom. The van der Waals surface area contributed by atoms with Gasteiger partial charge in [0.1, 0.15) is 5.69 Å². The van der Waals surface area contributed by atoms with E-state index in [0.717, 1.165) is 37.5 Å². The number of carbonyl (C=O) groups is 1. The van der Waals surface area contributed by atoms with E-state index in [0.29, 0.717) is 18.8 Å². The highest BCUT2D eigenvalue weighted by atomic mass is 32.1. The van der Waals surface area contributed by atoms with E-state index in [1.807, 2.05) is 6.92 Å². The number of nitrogens with one attached hydrogen (secondary N) is 1. The molecule has 0 aliphatic rings. The predicted molar refractivity (Wildman–Crippen MR) is 72.9 cm³/mol. The summed E-state index contributed by atoms with van der Waals surface area (Å²) in [5, 5.41) is 5.54. The van der Waals surface area contributed by atoms with Gasteiger partial charge in [0, 0.05) is 31.6 Å². The van der Waals surface area contributed by atoms with Gasteiger partial charge < -0.3 is 15.8 Å². The second-order valence-corrected chi connectivity index (χ2v) is 4.77. The summed E-state index contributed by atoms with van der Waals surface area (Å²) < 4.78 is 5.22. The zero-order chi connectivity index (χ0) is 13.2. The van der Waals surface area contributed by atoms with Crippen LogP contribution in [0.4, 0.5) is 0 Å². The molecule has 0 aliphatic heterocycles.